The predicted molar refractivity (Wildman–Crippen MR) is 124 cm³/mol. The third-order valence-corrected chi connectivity index (χ3v) is 7.29. The molecule has 0 saturated carbocycles. The average Bonchev–Trinajstić information content (AvgIpc) is 3.08. The molecular weight excluding hydrogens is 397 g/mol. The van der Waals surface area contributed by atoms with Crippen LogP contribution in [0.25, 0.3) is 0 Å². The molecule has 1 aromatic carbocycles. The Morgan fingerprint density at radius 3 is 2.03 bits per heavy atom. The van der Waals surface area contributed by atoms with Crippen molar-refractivity contribution in [2.45, 2.75) is 97.4 Å². The van der Waals surface area contributed by atoms with E-state index < -0.39 is 8.53 Å². The number of hydrogen-bond acceptors (Lipinski definition) is 5. The first-order chi connectivity index (χ1) is 13.8. The molecule has 0 aromatic heterocycles. The molecule has 0 spiro atoms. The van der Waals surface area contributed by atoms with Crippen LogP contribution in [0.2, 0.25) is 0 Å². The van der Waals surface area contributed by atoms with Crippen molar-refractivity contribution in [1.82, 2.24) is 5.09 Å². The van der Waals surface area contributed by atoms with E-state index in [0.717, 1.165) is 35.3 Å². The largest absolute Gasteiger partial charge is 0.469 e. The van der Waals surface area contributed by atoms with Crippen LogP contribution in [0.3, 0.4) is 0 Å². The molecule has 1 unspecified atom stereocenters. The maximum Gasteiger partial charge on any atom is 0.318 e. The summed E-state index contributed by atoms with van der Waals surface area (Å²) in [5.41, 5.74) is 3.19. The summed E-state index contributed by atoms with van der Waals surface area (Å²) >= 11 is 0. The number of esters is 1. The summed E-state index contributed by atoms with van der Waals surface area (Å²) < 4.78 is 17.5. The van der Waals surface area contributed by atoms with Gasteiger partial charge in [0, 0.05) is 17.5 Å². The number of hydrogen-bond donors (Lipinski definition) is 1. The second-order valence-corrected chi connectivity index (χ2v) is 11.5. The monoisotopic (exact) mass is 437 g/mol. The molecule has 30 heavy (non-hydrogen) atoms. The highest BCUT2D eigenvalue weighted by Gasteiger charge is 2.40. The van der Waals surface area contributed by atoms with Gasteiger partial charge in [-0.15, -0.1) is 0 Å². The molecule has 1 fully saturated rings. The third-order valence-electron chi connectivity index (χ3n) is 5.92. The van der Waals surface area contributed by atoms with E-state index in [2.05, 4.69) is 72.6 Å². The van der Waals surface area contributed by atoms with Crippen molar-refractivity contribution >= 4 is 14.5 Å². The van der Waals surface area contributed by atoms with Crippen molar-refractivity contribution in [2.75, 3.05) is 13.7 Å². The van der Waals surface area contributed by atoms with Crippen LogP contribution in [-0.4, -0.2) is 25.2 Å². The van der Waals surface area contributed by atoms with Crippen molar-refractivity contribution in [3.8, 4) is 5.75 Å². The lowest BCUT2D eigenvalue weighted by molar-refractivity contribution is -0.140. The van der Waals surface area contributed by atoms with E-state index >= 15 is 0 Å². The highest BCUT2D eigenvalue weighted by molar-refractivity contribution is 7.45. The van der Waals surface area contributed by atoms with Gasteiger partial charge in [0.05, 0.1) is 19.3 Å². The zero-order valence-electron chi connectivity index (χ0n) is 20.3. The van der Waals surface area contributed by atoms with Crippen molar-refractivity contribution in [1.29, 1.82) is 0 Å². The summed E-state index contributed by atoms with van der Waals surface area (Å²) in [6.45, 7) is 18.3. The molecule has 170 valence electrons. The number of carbonyl (C=O) groups excluding carboxylic acids is 1. The topological polar surface area (TPSA) is 56.8 Å². The number of rotatable bonds is 7. The molecule has 0 aliphatic carbocycles. The van der Waals surface area contributed by atoms with Gasteiger partial charge in [-0.3, -0.25) is 4.79 Å². The summed E-state index contributed by atoms with van der Waals surface area (Å²) in [4.78, 5) is 11.7. The number of methoxy groups -OCH3 is 1. The molecule has 1 aromatic rings. The van der Waals surface area contributed by atoms with E-state index in [1.54, 1.807) is 0 Å². The second-order valence-electron chi connectivity index (χ2n) is 10.3. The average molecular weight is 438 g/mol. The van der Waals surface area contributed by atoms with Gasteiger partial charge in [-0.25, -0.2) is 5.09 Å². The highest BCUT2D eigenvalue weighted by atomic mass is 31.2. The summed E-state index contributed by atoms with van der Waals surface area (Å²) in [5.74, 6) is 0.728. The van der Waals surface area contributed by atoms with Gasteiger partial charge in [0.25, 0.3) is 0 Å². The Kier molecular flexibility index (Phi) is 7.99. The number of ether oxygens (including phenoxy) is 1. The molecule has 1 aliphatic rings. The Morgan fingerprint density at radius 1 is 1.10 bits per heavy atom. The van der Waals surface area contributed by atoms with Gasteiger partial charge >= 0.3 is 14.5 Å². The van der Waals surface area contributed by atoms with Gasteiger partial charge in [-0.05, 0) is 35.7 Å². The van der Waals surface area contributed by atoms with E-state index in [1.165, 1.54) is 7.11 Å². The smallest absolute Gasteiger partial charge is 0.318 e. The highest BCUT2D eigenvalue weighted by Crippen LogP contribution is 2.50. The van der Waals surface area contributed by atoms with Gasteiger partial charge in [0.1, 0.15) is 5.75 Å². The fraction of sp³-hybridized carbons (Fsp3) is 0.708. The molecule has 5 nitrogen and oxygen atoms in total. The molecule has 6 heteroatoms. The molecule has 2 rings (SSSR count). The summed E-state index contributed by atoms with van der Waals surface area (Å²) in [6.07, 6.45) is 3.04. The normalized spacial score (nSPS) is 19.0. The van der Waals surface area contributed by atoms with Crippen molar-refractivity contribution in [2.24, 2.45) is 0 Å². The van der Waals surface area contributed by atoms with Crippen LogP contribution in [0.1, 0.15) is 91.3 Å². The van der Waals surface area contributed by atoms with Crippen LogP contribution in [0.4, 0.5) is 0 Å². The van der Waals surface area contributed by atoms with E-state index in [1.807, 2.05) is 0 Å². The molecular formula is C24H40NO4P. The van der Waals surface area contributed by atoms with Gasteiger partial charge in [0.15, 0.2) is 0 Å². The zero-order chi connectivity index (χ0) is 22.7. The van der Waals surface area contributed by atoms with Crippen molar-refractivity contribution in [3.63, 3.8) is 0 Å². The zero-order valence-corrected chi connectivity index (χ0v) is 21.2. The first-order valence-corrected chi connectivity index (χ1v) is 12.2. The standard InChI is InChI=1S/C24H40NO4P/c1-10-24(11-2)16-28-30(25-24)29-21-18(22(3,4)5)14-17(12-13-20(26)27-9)15-19(21)23(6,7)8/h14-15,25H,10-13,16H2,1-9H3. The van der Waals surface area contributed by atoms with Crippen LogP contribution in [0.5, 0.6) is 5.75 Å². The summed E-state index contributed by atoms with van der Waals surface area (Å²) in [7, 11) is 0.232. The molecule has 1 saturated heterocycles. The third kappa shape index (κ3) is 5.96. The first-order valence-electron chi connectivity index (χ1n) is 11.0. The minimum atomic E-state index is -1.20. The van der Waals surface area contributed by atoms with Crippen LogP contribution < -0.4 is 9.61 Å². The van der Waals surface area contributed by atoms with Gasteiger partial charge in [-0.1, -0.05) is 67.5 Å². The van der Waals surface area contributed by atoms with Crippen LogP contribution in [0.15, 0.2) is 12.1 Å². The number of aryl methyl sites for hydroxylation is 1. The Morgan fingerprint density at radius 2 is 1.63 bits per heavy atom. The Balaban J connectivity index is 2.47. The quantitative estimate of drug-likeness (QED) is 0.408. The Labute approximate surface area is 184 Å². The maximum atomic E-state index is 11.7. The summed E-state index contributed by atoms with van der Waals surface area (Å²) in [6, 6.07) is 4.37. The fourth-order valence-electron chi connectivity index (χ4n) is 3.58. The van der Waals surface area contributed by atoms with Gasteiger partial charge in [-0.2, -0.15) is 0 Å². The van der Waals surface area contributed by atoms with Crippen molar-refractivity contribution < 1.29 is 18.6 Å². The second kappa shape index (κ2) is 9.54. The maximum absolute atomic E-state index is 11.7. The van der Waals surface area contributed by atoms with Crippen LogP contribution in [0, 0.1) is 0 Å². The lowest BCUT2D eigenvalue weighted by Crippen LogP contribution is -2.39. The number of benzene rings is 1. The minimum absolute atomic E-state index is 0.00402. The van der Waals surface area contributed by atoms with E-state index in [4.69, 9.17) is 13.8 Å². The summed E-state index contributed by atoms with van der Waals surface area (Å²) in [5, 5.41) is 3.63. The Hall–Kier alpha value is -1.16. The Bertz CT molecular complexity index is 710. The molecule has 0 amide bonds. The van der Waals surface area contributed by atoms with E-state index in [9.17, 15) is 4.79 Å². The van der Waals surface area contributed by atoms with E-state index in [-0.39, 0.29) is 22.3 Å². The molecule has 1 heterocycles. The fourth-order valence-corrected chi connectivity index (χ4v) is 5.24. The number of nitrogens with one attached hydrogen (secondary N) is 1. The van der Waals surface area contributed by atoms with Gasteiger partial charge in [0.2, 0.25) is 0 Å². The molecule has 1 aliphatic heterocycles. The van der Waals surface area contributed by atoms with E-state index in [0.29, 0.717) is 19.4 Å². The lowest BCUT2D eigenvalue weighted by Gasteiger charge is -2.31. The minimum Gasteiger partial charge on any atom is -0.469 e. The molecule has 0 radical (unpaired) electrons. The number of carbonyl (C=O) groups is 1. The van der Waals surface area contributed by atoms with Crippen molar-refractivity contribution in [3.05, 3.63) is 28.8 Å². The molecule has 1 atom stereocenters. The SMILES string of the molecule is CCC1(CC)COP(Oc2c(C(C)(C)C)cc(CCC(=O)OC)cc2C(C)(C)C)N1. The lowest BCUT2D eigenvalue weighted by atomic mass is 9.78. The predicted octanol–water partition coefficient (Wildman–Crippen LogP) is 6.17. The van der Waals surface area contributed by atoms with Crippen LogP contribution in [-0.2, 0) is 31.3 Å². The van der Waals surface area contributed by atoms with Crippen LogP contribution >= 0.6 is 8.53 Å². The van der Waals surface area contributed by atoms with Gasteiger partial charge < -0.3 is 13.8 Å². The first kappa shape index (κ1) is 25.1. The molecule has 0 bridgehead atoms. The molecule has 1 N–H and O–H groups in total.